The summed E-state index contributed by atoms with van der Waals surface area (Å²) in [7, 11) is 0. The van der Waals surface area contributed by atoms with E-state index in [1.165, 1.54) is 49.2 Å². The molecular formula is C102H67N5O. The molecule has 0 unspecified atom stereocenters. The number of rotatable bonds is 14. The van der Waals surface area contributed by atoms with Gasteiger partial charge in [0.05, 0.1) is 38.5 Å². The first-order valence-electron chi connectivity index (χ1n) is 36.9. The Hall–Kier alpha value is -14.5. The van der Waals surface area contributed by atoms with Crippen LogP contribution in [0.4, 0.5) is 34.1 Å². The molecule has 0 aliphatic heterocycles. The van der Waals surface area contributed by atoms with Gasteiger partial charge in [0.2, 0.25) is 0 Å². The van der Waals surface area contributed by atoms with Gasteiger partial charge in [-0.3, -0.25) is 0 Å². The van der Waals surface area contributed by atoms with Gasteiger partial charge in [0.1, 0.15) is 11.2 Å². The molecule has 4 aromatic heterocycles. The van der Waals surface area contributed by atoms with Crippen molar-refractivity contribution in [2.75, 3.05) is 9.80 Å². The van der Waals surface area contributed by atoms with Gasteiger partial charge in [0.15, 0.2) is 0 Å². The van der Waals surface area contributed by atoms with E-state index in [1.54, 1.807) is 0 Å². The highest BCUT2D eigenvalue weighted by atomic mass is 16.3. The van der Waals surface area contributed by atoms with Gasteiger partial charge < -0.3 is 27.9 Å². The van der Waals surface area contributed by atoms with Crippen LogP contribution in [0.1, 0.15) is 0 Å². The van der Waals surface area contributed by atoms with Crippen LogP contribution in [0, 0.1) is 0 Å². The second-order valence-electron chi connectivity index (χ2n) is 28.0. The van der Waals surface area contributed by atoms with E-state index < -0.39 is 0 Å². The van der Waals surface area contributed by atoms with Gasteiger partial charge in [0.25, 0.3) is 0 Å². The third kappa shape index (κ3) is 10.6. The summed E-state index contributed by atoms with van der Waals surface area (Å²) in [6, 6.07) is 148. The molecule has 0 bridgehead atoms. The number of para-hydroxylation sites is 5. The number of aromatic nitrogens is 3. The Morgan fingerprint density at radius 2 is 0.519 bits per heavy atom. The fraction of sp³-hybridized carbons (Fsp3) is 0. The summed E-state index contributed by atoms with van der Waals surface area (Å²) in [5.41, 5.74) is 30.1. The lowest BCUT2D eigenvalue weighted by Crippen LogP contribution is -2.10. The van der Waals surface area contributed by atoms with Crippen molar-refractivity contribution in [3.8, 4) is 72.7 Å². The fourth-order valence-corrected chi connectivity index (χ4v) is 16.7. The number of benzene rings is 17. The highest BCUT2D eigenvalue weighted by Gasteiger charge is 2.24. The molecule has 0 atom stereocenters. The van der Waals surface area contributed by atoms with Gasteiger partial charge in [-0.1, -0.05) is 243 Å². The number of fused-ring (bicyclic) bond motifs is 13. The molecule has 6 heteroatoms. The first kappa shape index (κ1) is 62.1. The molecule has 6 nitrogen and oxygen atoms in total. The summed E-state index contributed by atoms with van der Waals surface area (Å²) in [5.74, 6) is 0. The minimum Gasteiger partial charge on any atom is -0.455 e. The number of nitrogens with zero attached hydrogens (tertiary/aromatic N) is 5. The molecule has 0 N–H and O–H groups in total. The predicted octanol–water partition coefficient (Wildman–Crippen LogP) is 28.2. The van der Waals surface area contributed by atoms with E-state index in [1.807, 2.05) is 6.07 Å². The quantitative estimate of drug-likeness (QED) is 0.109. The number of hydrogen-bond donors (Lipinski definition) is 0. The van der Waals surface area contributed by atoms with Crippen LogP contribution in [0.15, 0.2) is 411 Å². The van der Waals surface area contributed by atoms with Gasteiger partial charge in [-0.25, -0.2) is 0 Å². The van der Waals surface area contributed by atoms with Crippen molar-refractivity contribution in [3.63, 3.8) is 0 Å². The monoisotopic (exact) mass is 1380 g/mol. The van der Waals surface area contributed by atoms with Gasteiger partial charge in [-0.15, -0.1) is 0 Å². The van der Waals surface area contributed by atoms with Crippen molar-refractivity contribution >= 4 is 121 Å². The van der Waals surface area contributed by atoms with Gasteiger partial charge in [-0.2, -0.15) is 0 Å². The molecule has 0 radical (unpaired) electrons. The third-order valence-electron chi connectivity index (χ3n) is 21.8. The van der Waals surface area contributed by atoms with Crippen LogP contribution in [0.5, 0.6) is 0 Å². The van der Waals surface area contributed by atoms with Crippen LogP contribution in [-0.2, 0) is 0 Å². The highest BCUT2D eigenvalue weighted by Crippen LogP contribution is 2.46. The Kier molecular flexibility index (Phi) is 14.8. The molecular weight excluding hydrogens is 1310 g/mol. The minimum atomic E-state index is 0.902. The van der Waals surface area contributed by atoms with Crippen molar-refractivity contribution in [1.82, 2.24) is 13.7 Å². The molecule has 21 aromatic rings. The maximum absolute atomic E-state index is 6.62. The van der Waals surface area contributed by atoms with Gasteiger partial charge in [0, 0.05) is 88.9 Å². The Morgan fingerprint density at radius 3 is 1.06 bits per heavy atom. The minimum absolute atomic E-state index is 0.902. The zero-order valence-corrected chi connectivity index (χ0v) is 58.8. The number of anilines is 6. The largest absolute Gasteiger partial charge is 0.455 e. The SMILES string of the molecule is c1ccc(-c2ccc(N(c3ccccc3)c3ccc(-c4ccc(-n5c6ccccc6c6cc7c8cc(-c9cccc(N(c%10ccc(-c%11ccccc%11)cc%10)c%10ccc(-c%11ccc(-n%12c%13ccccc%13c%13c%14oc%15ccccc%15c%14ccc%13%12)cc%11)cc%10)c9)ccc8n(-c8ccccc8)c7cc65)cc4)cc3)cc2)cc1. The topological polar surface area (TPSA) is 34.4 Å². The predicted molar refractivity (Wildman–Crippen MR) is 453 cm³/mol. The van der Waals surface area contributed by atoms with Crippen molar-refractivity contribution in [2.24, 2.45) is 0 Å². The van der Waals surface area contributed by atoms with Crippen LogP contribution in [0.25, 0.3) is 160 Å². The molecule has 0 fully saturated rings. The lowest BCUT2D eigenvalue weighted by atomic mass is 10.0. The average molecular weight is 1380 g/mol. The Bertz CT molecular complexity index is 6960. The summed E-state index contributed by atoms with van der Waals surface area (Å²) < 4.78 is 13.9. The van der Waals surface area contributed by atoms with Crippen LogP contribution < -0.4 is 9.80 Å². The highest BCUT2D eigenvalue weighted by molar-refractivity contribution is 6.24. The summed E-state index contributed by atoms with van der Waals surface area (Å²) in [5, 5.41) is 9.37. The average Bonchev–Trinajstić information content (AvgIpc) is 1.57. The van der Waals surface area contributed by atoms with E-state index in [0.717, 1.165) is 145 Å². The molecule has 0 saturated carbocycles. The molecule has 0 saturated heterocycles. The van der Waals surface area contributed by atoms with E-state index in [0.29, 0.717) is 0 Å². The van der Waals surface area contributed by atoms with Crippen LogP contribution in [0.2, 0.25) is 0 Å². The molecule has 108 heavy (non-hydrogen) atoms. The smallest absolute Gasteiger partial charge is 0.145 e. The first-order valence-corrected chi connectivity index (χ1v) is 36.9. The molecule has 0 spiro atoms. The zero-order chi connectivity index (χ0) is 71.2. The standard InChI is InChI=1S/C102H67N5O/c1-5-20-68(21-6-1)70-36-49-80(50-37-70)103(78-25-9-3-10-26-78)81-51-40-72(41-52-81)75-46-59-85(60-47-75)107-94-33-16-13-30-87(94)92-66-93-91-65-77(48-62-96(91)106(99(93)67-98(92)107)79-27-11-4-12-28-79)76-24-19-29-86(64-76)104(82-53-38-71(39-54-82)69-22-7-2-8-23-69)83-55-42-73(43-56-83)74-44-57-84(58-45-74)105-95-34-17-14-32-90(95)101-97(105)63-61-89-88-31-15-18-35-100(88)108-102(89)101/h1-67H. The van der Waals surface area contributed by atoms with Crippen molar-refractivity contribution in [1.29, 1.82) is 0 Å². The molecule has 4 heterocycles. The lowest BCUT2D eigenvalue weighted by Gasteiger charge is -2.26. The Morgan fingerprint density at radius 1 is 0.176 bits per heavy atom. The molecule has 0 amide bonds. The van der Waals surface area contributed by atoms with Crippen molar-refractivity contribution < 1.29 is 4.42 Å². The van der Waals surface area contributed by atoms with E-state index in [4.69, 9.17) is 4.42 Å². The summed E-state index contributed by atoms with van der Waals surface area (Å²) >= 11 is 0. The zero-order valence-electron chi connectivity index (χ0n) is 58.8. The third-order valence-corrected chi connectivity index (χ3v) is 21.8. The van der Waals surface area contributed by atoms with Gasteiger partial charge in [-0.05, 0) is 219 Å². The second-order valence-corrected chi connectivity index (χ2v) is 28.0. The maximum Gasteiger partial charge on any atom is 0.145 e. The van der Waals surface area contributed by atoms with E-state index in [9.17, 15) is 0 Å². The normalized spacial score (nSPS) is 11.7. The molecule has 506 valence electrons. The summed E-state index contributed by atoms with van der Waals surface area (Å²) in [6.07, 6.45) is 0. The van der Waals surface area contributed by atoms with Crippen molar-refractivity contribution in [2.45, 2.75) is 0 Å². The Labute approximate surface area is 624 Å². The van der Waals surface area contributed by atoms with Crippen LogP contribution in [-0.4, -0.2) is 13.7 Å². The summed E-state index contributed by atoms with van der Waals surface area (Å²) in [6.45, 7) is 0. The molecule has 17 aromatic carbocycles. The fourth-order valence-electron chi connectivity index (χ4n) is 16.7. The number of hydrogen-bond acceptors (Lipinski definition) is 3. The first-order chi connectivity index (χ1) is 53.5. The maximum atomic E-state index is 6.62. The molecule has 0 aliphatic carbocycles. The van der Waals surface area contributed by atoms with E-state index in [-0.39, 0.29) is 0 Å². The summed E-state index contributed by atoms with van der Waals surface area (Å²) in [4.78, 5) is 4.71. The second kappa shape index (κ2) is 25.7. The van der Waals surface area contributed by atoms with Crippen molar-refractivity contribution in [3.05, 3.63) is 406 Å². The van der Waals surface area contributed by atoms with E-state index in [2.05, 4.69) is 424 Å². The Balaban J connectivity index is 0.621. The molecule has 21 rings (SSSR count). The number of furan rings is 1. The lowest BCUT2D eigenvalue weighted by molar-refractivity contribution is 0.673. The van der Waals surface area contributed by atoms with Gasteiger partial charge >= 0.3 is 0 Å². The van der Waals surface area contributed by atoms with Crippen LogP contribution >= 0.6 is 0 Å². The van der Waals surface area contributed by atoms with Crippen LogP contribution in [0.3, 0.4) is 0 Å². The van der Waals surface area contributed by atoms with E-state index >= 15 is 0 Å². The molecule has 0 aliphatic rings.